The number of aliphatic imine (C=N–C) groups is 1. The van der Waals surface area contributed by atoms with Crippen LogP contribution in [-0.4, -0.2) is 77.2 Å². The number of carbonyl (C=O) groups excluding carboxylic acids is 2. The van der Waals surface area contributed by atoms with Crippen LogP contribution in [0.25, 0.3) is 17.2 Å². The first kappa shape index (κ1) is 25.2. The van der Waals surface area contributed by atoms with E-state index in [0.717, 1.165) is 74.5 Å². The molecule has 0 aliphatic carbocycles. The number of rotatable bonds is 3. The summed E-state index contributed by atoms with van der Waals surface area (Å²) in [5, 5.41) is 0. The van der Waals surface area contributed by atoms with E-state index in [-0.39, 0.29) is 17.4 Å². The monoisotopic (exact) mass is 499 g/mol. The zero-order valence-corrected chi connectivity index (χ0v) is 22.2. The summed E-state index contributed by atoms with van der Waals surface area (Å²) >= 11 is 0. The number of benzene rings is 2. The van der Waals surface area contributed by atoms with E-state index in [4.69, 9.17) is 5.73 Å². The number of fused-ring (bicyclic) bond motifs is 1. The van der Waals surface area contributed by atoms with E-state index in [1.54, 1.807) is 0 Å². The number of likely N-dealkylation sites (tertiary alicyclic amines) is 1. The largest absolute Gasteiger partial charge is 0.387 e. The van der Waals surface area contributed by atoms with Gasteiger partial charge in [-0.15, -0.1) is 0 Å². The lowest BCUT2D eigenvalue weighted by Gasteiger charge is -2.42. The minimum absolute atomic E-state index is 0.0626. The number of nitrogens with two attached hydrogens (primary N) is 1. The number of carbonyl (C=O) groups is 2. The lowest BCUT2D eigenvalue weighted by atomic mass is 9.99. The van der Waals surface area contributed by atoms with Crippen LogP contribution in [0.5, 0.6) is 0 Å². The number of hydrogen-bond acceptors (Lipinski definition) is 5. The predicted molar refractivity (Wildman–Crippen MR) is 149 cm³/mol. The van der Waals surface area contributed by atoms with Crippen LogP contribution in [0.15, 0.2) is 53.0 Å². The maximum absolute atomic E-state index is 13.1. The Bertz CT molecular complexity index is 1240. The molecule has 3 aliphatic heterocycles. The quantitative estimate of drug-likeness (QED) is 0.682. The standard InChI is InChI=1S/C30H37N5O2/c1-30(2,3)35-16-14-34(15-17-35)28(36)22-8-6-21(7-9-22)23-10-11-24-18-25(20-27(31)32-26(24)19-23)29(37)33-12-4-5-13-33/h6-11,18-19H,4-5,12-17,20H2,1-3H3,(H2,31,32). The van der Waals surface area contributed by atoms with E-state index >= 15 is 0 Å². The van der Waals surface area contributed by atoms with Crippen LogP contribution >= 0.6 is 0 Å². The zero-order chi connectivity index (χ0) is 26.2. The van der Waals surface area contributed by atoms with Crippen molar-refractivity contribution in [2.45, 2.75) is 45.6 Å². The minimum atomic E-state index is 0.0626. The fraction of sp³-hybridized carbons (Fsp3) is 0.433. The lowest BCUT2D eigenvalue weighted by Crippen LogP contribution is -2.54. The van der Waals surface area contributed by atoms with Gasteiger partial charge in [0.15, 0.2) is 0 Å². The predicted octanol–water partition coefficient (Wildman–Crippen LogP) is 4.31. The molecule has 0 radical (unpaired) electrons. The van der Waals surface area contributed by atoms with E-state index in [9.17, 15) is 9.59 Å². The van der Waals surface area contributed by atoms with Crippen LogP contribution < -0.4 is 5.73 Å². The van der Waals surface area contributed by atoms with Gasteiger partial charge in [0.05, 0.1) is 5.69 Å². The number of amidine groups is 1. The Morgan fingerprint density at radius 3 is 2.08 bits per heavy atom. The summed E-state index contributed by atoms with van der Waals surface area (Å²) in [4.78, 5) is 37.0. The second kappa shape index (κ2) is 10.1. The zero-order valence-electron chi connectivity index (χ0n) is 22.2. The molecule has 5 rings (SSSR count). The Morgan fingerprint density at radius 2 is 1.43 bits per heavy atom. The Hall–Kier alpha value is -3.45. The van der Waals surface area contributed by atoms with Crippen LogP contribution in [0.4, 0.5) is 5.69 Å². The van der Waals surface area contributed by atoms with Crippen molar-refractivity contribution in [3.63, 3.8) is 0 Å². The maximum atomic E-state index is 13.1. The fourth-order valence-corrected chi connectivity index (χ4v) is 5.40. The molecule has 3 heterocycles. The third-order valence-electron chi connectivity index (χ3n) is 7.64. The third kappa shape index (κ3) is 5.47. The minimum Gasteiger partial charge on any atom is -0.387 e. The fourth-order valence-electron chi connectivity index (χ4n) is 5.40. The van der Waals surface area contributed by atoms with Gasteiger partial charge in [0, 0.05) is 67.9 Å². The van der Waals surface area contributed by atoms with Crippen molar-refractivity contribution in [1.29, 1.82) is 0 Å². The molecule has 37 heavy (non-hydrogen) atoms. The highest BCUT2D eigenvalue weighted by molar-refractivity contribution is 6.05. The van der Waals surface area contributed by atoms with Crippen molar-refractivity contribution in [1.82, 2.24) is 14.7 Å². The van der Waals surface area contributed by atoms with Crippen LogP contribution in [0.1, 0.15) is 56.0 Å². The number of piperazine rings is 1. The highest BCUT2D eigenvalue weighted by atomic mass is 16.2. The summed E-state index contributed by atoms with van der Waals surface area (Å²) < 4.78 is 0. The maximum Gasteiger partial charge on any atom is 0.253 e. The first-order valence-corrected chi connectivity index (χ1v) is 13.3. The van der Waals surface area contributed by atoms with Crippen LogP contribution in [0.2, 0.25) is 0 Å². The molecule has 2 amide bonds. The summed E-state index contributed by atoms with van der Waals surface area (Å²) in [6.07, 6.45) is 4.41. The molecular formula is C30H37N5O2. The highest BCUT2D eigenvalue weighted by Crippen LogP contribution is 2.32. The van der Waals surface area contributed by atoms with Gasteiger partial charge < -0.3 is 15.5 Å². The topological polar surface area (TPSA) is 82.2 Å². The van der Waals surface area contributed by atoms with Crippen LogP contribution in [0.3, 0.4) is 0 Å². The van der Waals surface area contributed by atoms with Gasteiger partial charge in [0.1, 0.15) is 5.84 Å². The summed E-state index contributed by atoms with van der Waals surface area (Å²) in [6.45, 7) is 11.6. The van der Waals surface area contributed by atoms with Crippen molar-refractivity contribution in [2.24, 2.45) is 10.7 Å². The van der Waals surface area contributed by atoms with Crippen molar-refractivity contribution in [2.75, 3.05) is 39.3 Å². The molecule has 194 valence electrons. The van der Waals surface area contributed by atoms with E-state index in [1.165, 1.54) is 0 Å². The van der Waals surface area contributed by atoms with Crippen molar-refractivity contribution >= 4 is 29.4 Å². The SMILES string of the molecule is CC(C)(C)N1CCN(C(=O)c2ccc(-c3ccc4c(c3)N=C(N)CC(C(=O)N3CCCC3)=C4)cc2)CC1. The third-order valence-corrected chi connectivity index (χ3v) is 7.64. The number of nitrogens with zero attached hydrogens (tertiary/aromatic N) is 4. The molecule has 2 N–H and O–H groups in total. The molecule has 0 atom stereocenters. The second-order valence-corrected chi connectivity index (χ2v) is 11.2. The summed E-state index contributed by atoms with van der Waals surface area (Å²) in [5.41, 5.74) is 11.4. The Labute approximate surface area is 219 Å². The molecular weight excluding hydrogens is 462 g/mol. The summed E-state index contributed by atoms with van der Waals surface area (Å²) in [6, 6.07) is 13.8. The molecule has 2 fully saturated rings. The molecule has 7 heteroatoms. The molecule has 0 saturated carbocycles. The number of hydrogen-bond donors (Lipinski definition) is 1. The summed E-state index contributed by atoms with van der Waals surface area (Å²) in [7, 11) is 0. The van der Waals surface area contributed by atoms with Gasteiger partial charge in [0.25, 0.3) is 5.91 Å². The average molecular weight is 500 g/mol. The molecule has 7 nitrogen and oxygen atoms in total. The van der Waals surface area contributed by atoms with Gasteiger partial charge in [-0.1, -0.05) is 24.3 Å². The van der Waals surface area contributed by atoms with E-state index in [0.29, 0.717) is 23.4 Å². The van der Waals surface area contributed by atoms with Crippen molar-refractivity contribution < 1.29 is 9.59 Å². The molecule has 0 aromatic heterocycles. The van der Waals surface area contributed by atoms with Gasteiger partial charge in [-0.25, -0.2) is 4.99 Å². The van der Waals surface area contributed by atoms with Crippen molar-refractivity contribution in [3.8, 4) is 11.1 Å². The van der Waals surface area contributed by atoms with Gasteiger partial charge in [0.2, 0.25) is 5.91 Å². The van der Waals surface area contributed by atoms with Gasteiger partial charge >= 0.3 is 0 Å². The smallest absolute Gasteiger partial charge is 0.253 e. The first-order valence-electron chi connectivity index (χ1n) is 13.3. The normalized spacial score (nSPS) is 18.7. The molecule has 2 aromatic carbocycles. The number of amides is 2. The highest BCUT2D eigenvalue weighted by Gasteiger charge is 2.28. The van der Waals surface area contributed by atoms with Gasteiger partial charge in [-0.3, -0.25) is 14.5 Å². The molecule has 3 aliphatic rings. The molecule has 0 bridgehead atoms. The van der Waals surface area contributed by atoms with E-state index in [1.807, 2.05) is 58.3 Å². The molecule has 2 saturated heterocycles. The Morgan fingerprint density at radius 1 is 0.811 bits per heavy atom. The Balaban J connectivity index is 1.31. The second-order valence-electron chi connectivity index (χ2n) is 11.2. The first-order chi connectivity index (χ1) is 17.7. The molecule has 0 spiro atoms. The van der Waals surface area contributed by atoms with Crippen LogP contribution in [0, 0.1) is 0 Å². The lowest BCUT2D eigenvalue weighted by molar-refractivity contribution is -0.126. The van der Waals surface area contributed by atoms with E-state index < -0.39 is 0 Å². The summed E-state index contributed by atoms with van der Waals surface area (Å²) in [5.74, 6) is 0.592. The van der Waals surface area contributed by atoms with Gasteiger partial charge in [-0.2, -0.15) is 0 Å². The molecule has 2 aromatic rings. The van der Waals surface area contributed by atoms with E-state index in [2.05, 4.69) is 30.7 Å². The van der Waals surface area contributed by atoms with Crippen LogP contribution in [-0.2, 0) is 4.79 Å². The van der Waals surface area contributed by atoms with Gasteiger partial charge in [-0.05, 0) is 69.0 Å². The Kier molecular flexibility index (Phi) is 6.90. The average Bonchev–Trinajstić information content (AvgIpc) is 3.37. The molecule has 0 unspecified atom stereocenters. The van der Waals surface area contributed by atoms with Crippen molar-refractivity contribution in [3.05, 3.63) is 59.2 Å².